The maximum Gasteiger partial charge on any atom is 0.0674 e. The van der Waals surface area contributed by atoms with Gasteiger partial charge in [0.05, 0.1) is 6.04 Å². The summed E-state index contributed by atoms with van der Waals surface area (Å²) in [6, 6.07) is 38.4. The van der Waals surface area contributed by atoms with Gasteiger partial charge >= 0.3 is 0 Å². The Morgan fingerprint density at radius 1 is 0.600 bits per heavy atom. The van der Waals surface area contributed by atoms with Crippen molar-refractivity contribution in [2.45, 2.75) is 18.4 Å². The molecule has 0 unspecified atom stereocenters. The van der Waals surface area contributed by atoms with Crippen molar-refractivity contribution in [3.05, 3.63) is 137 Å². The molecule has 7 rings (SSSR count). The van der Waals surface area contributed by atoms with Gasteiger partial charge in [-0.2, -0.15) is 0 Å². The molecule has 30 heavy (non-hydrogen) atoms. The lowest BCUT2D eigenvalue weighted by atomic mass is 9.70. The van der Waals surface area contributed by atoms with Gasteiger partial charge in [-0.05, 0) is 57.5 Å². The van der Waals surface area contributed by atoms with Crippen molar-refractivity contribution < 1.29 is 0 Å². The third-order valence-electron chi connectivity index (χ3n) is 7.06. The number of fused-ring (bicyclic) bond motifs is 7. The second-order valence-corrected chi connectivity index (χ2v) is 8.51. The molecular weight excluding hydrogens is 362 g/mol. The van der Waals surface area contributed by atoms with E-state index in [0.29, 0.717) is 12.0 Å². The second kappa shape index (κ2) is 5.96. The van der Waals surface area contributed by atoms with E-state index in [1.807, 2.05) is 0 Å². The Bertz CT molecular complexity index is 1330. The van der Waals surface area contributed by atoms with Crippen molar-refractivity contribution in [3.63, 3.8) is 0 Å². The lowest BCUT2D eigenvalue weighted by molar-refractivity contribution is 0.653. The maximum atomic E-state index is 2.62. The Morgan fingerprint density at radius 3 is 2.13 bits per heavy atom. The van der Waals surface area contributed by atoms with E-state index in [1.54, 1.807) is 5.57 Å². The van der Waals surface area contributed by atoms with Crippen molar-refractivity contribution in [3.8, 4) is 0 Å². The van der Waals surface area contributed by atoms with Crippen molar-refractivity contribution in [2.75, 3.05) is 4.90 Å². The van der Waals surface area contributed by atoms with E-state index in [1.165, 1.54) is 44.8 Å². The molecule has 1 nitrogen and oxygen atoms in total. The summed E-state index contributed by atoms with van der Waals surface area (Å²) in [5, 5.41) is 0. The molecule has 0 N–H and O–H groups in total. The molecule has 0 bridgehead atoms. The number of anilines is 2. The zero-order valence-electron chi connectivity index (χ0n) is 16.6. The minimum atomic E-state index is 0.349. The molecule has 0 radical (unpaired) electrons. The Balaban J connectivity index is 1.62. The normalized spacial score (nSPS) is 20.3. The second-order valence-electron chi connectivity index (χ2n) is 8.51. The van der Waals surface area contributed by atoms with Gasteiger partial charge in [0.15, 0.2) is 0 Å². The maximum absolute atomic E-state index is 2.62. The molecule has 0 saturated carbocycles. The quantitative estimate of drug-likeness (QED) is 0.353. The fraction of sp³-hybridized carbons (Fsp3) is 0.103. The zero-order chi connectivity index (χ0) is 19.7. The number of rotatable bonds is 1. The average Bonchev–Trinajstić information content (AvgIpc) is 3.17. The predicted molar refractivity (Wildman–Crippen MR) is 123 cm³/mol. The van der Waals surface area contributed by atoms with Crippen LogP contribution in [0.5, 0.6) is 0 Å². The molecule has 4 aromatic carbocycles. The van der Waals surface area contributed by atoms with Gasteiger partial charge < -0.3 is 4.90 Å². The Morgan fingerprint density at radius 2 is 1.27 bits per heavy atom. The van der Waals surface area contributed by atoms with Crippen molar-refractivity contribution in [1.82, 2.24) is 0 Å². The molecule has 2 atom stereocenters. The highest BCUT2D eigenvalue weighted by Crippen LogP contribution is 2.58. The van der Waals surface area contributed by atoms with Crippen LogP contribution in [0, 0.1) is 0 Å². The Hall–Kier alpha value is -3.58. The summed E-state index contributed by atoms with van der Waals surface area (Å²) in [7, 11) is 0. The van der Waals surface area contributed by atoms with E-state index in [4.69, 9.17) is 0 Å². The summed E-state index contributed by atoms with van der Waals surface area (Å²) in [6.45, 7) is 0. The van der Waals surface area contributed by atoms with Crippen molar-refractivity contribution in [1.29, 1.82) is 0 Å². The molecule has 1 aliphatic carbocycles. The van der Waals surface area contributed by atoms with Crippen LogP contribution in [-0.4, -0.2) is 6.04 Å². The smallest absolute Gasteiger partial charge is 0.0674 e. The average molecular weight is 383 g/mol. The minimum Gasteiger partial charge on any atom is -0.333 e. The SMILES string of the molecule is c1ccc(C2=C3Cc4ccccc4N4c5ccccc5[C@@H](c5ccccc52)[C@@H]34)cc1. The highest BCUT2D eigenvalue weighted by atomic mass is 15.2. The molecule has 2 heterocycles. The van der Waals surface area contributed by atoms with Gasteiger partial charge in [0.25, 0.3) is 0 Å². The van der Waals surface area contributed by atoms with Crippen LogP contribution in [0.2, 0.25) is 0 Å². The van der Waals surface area contributed by atoms with Gasteiger partial charge in [0.1, 0.15) is 0 Å². The van der Waals surface area contributed by atoms with Gasteiger partial charge in [-0.1, -0.05) is 91.0 Å². The Labute approximate surface area is 176 Å². The summed E-state index contributed by atoms with van der Waals surface area (Å²) in [4.78, 5) is 2.62. The number of hydrogen-bond acceptors (Lipinski definition) is 1. The molecule has 2 aliphatic heterocycles. The van der Waals surface area contributed by atoms with Crippen LogP contribution in [0.15, 0.2) is 109 Å². The molecule has 1 heteroatoms. The van der Waals surface area contributed by atoms with Crippen LogP contribution in [0.3, 0.4) is 0 Å². The fourth-order valence-corrected chi connectivity index (χ4v) is 5.97. The van der Waals surface area contributed by atoms with Crippen LogP contribution in [0.1, 0.15) is 33.7 Å². The molecule has 0 fully saturated rings. The van der Waals surface area contributed by atoms with E-state index in [0.717, 1.165) is 6.42 Å². The summed E-state index contributed by atoms with van der Waals surface area (Å²) < 4.78 is 0. The topological polar surface area (TPSA) is 3.24 Å². The largest absolute Gasteiger partial charge is 0.333 e. The van der Waals surface area contributed by atoms with Crippen molar-refractivity contribution in [2.24, 2.45) is 0 Å². The highest BCUT2D eigenvalue weighted by molar-refractivity contribution is 5.93. The first-order valence-electron chi connectivity index (χ1n) is 10.8. The zero-order valence-corrected chi connectivity index (χ0v) is 16.6. The van der Waals surface area contributed by atoms with Gasteiger partial charge in [0, 0.05) is 17.3 Å². The molecule has 3 aliphatic rings. The van der Waals surface area contributed by atoms with Crippen LogP contribution < -0.4 is 4.90 Å². The molecule has 0 spiro atoms. The van der Waals surface area contributed by atoms with Gasteiger partial charge in [-0.3, -0.25) is 0 Å². The number of para-hydroxylation sites is 2. The molecule has 0 saturated heterocycles. The van der Waals surface area contributed by atoms with Gasteiger partial charge in [-0.15, -0.1) is 0 Å². The fourth-order valence-electron chi connectivity index (χ4n) is 5.97. The third kappa shape index (κ3) is 2.02. The van der Waals surface area contributed by atoms with Gasteiger partial charge in [0.2, 0.25) is 0 Å². The van der Waals surface area contributed by atoms with Crippen LogP contribution >= 0.6 is 0 Å². The molecule has 0 amide bonds. The van der Waals surface area contributed by atoms with Crippen LogP contribution in [-0.2, 0) is 6.42 Å². The summed E-state index contributed by atoms with van der Waals surface area (Å²) in [6.07, 6.45) is 1.01. The Kier molecular flexibility index (Phi) is 3.23. The first-order chi connectivity index (χ1) is 14.9. The molecule has 0 aromatic heterocycles. The number of benzene rings is 4. The lowest BCUT2D eigenvalue weighted by Crippen LogP contribution is -2.40. The van der Waals surface area contributed by atoms with E-state index in [-0.39, 0.29) is 0 Å². The standard InChI is InChI=1S/C29H21N/c1-2-10-19(11-3-1)27-21-13-5-6-14-22(21)28-23-15-7-9-17-26(23)30-25-16-8-4-12-20(25)18-24(27)29(28)30/h1-17,28-29H,18H2/t28-,29-/m1/s1. The van der Waals surface area contributed by atoms with E-state index in [9.17, 15) is 0 Å². The lowest BCUT2D eigenvalue weighted by Gasteiger charge is -2.43. The van der Waals surface area contributed by atoms with Crippen LogP contribution in [0.4, 0.5) is 11.4 Å². The summed E-state index contributed by atoms with van der Waals surface area (Å²) >= 11 is 0. The third-order valence-corrected chi connectivity index (χ3v) is 7.06. The molecule has 142 valence electrons. The molecular formula is C29H21N. The first kappa shape index (κ1) is 16.2. The number of nitrogens with zero attached hydrogens (tertiary/aromatic N) is 1. The number of hydrogen-bond donors (Lipinski definition) is 0. The minimum absolute atomic E-state index is 0.349. The van der Waals surface area contributed by atoms with Crippen LogP contribution in [0.25, 0.3) is 5.57 Å². The summed E-state index contributed by atoms with van der Waals surface area (Å²) in [5.41, 5.74) is 12.8. The van der Waals surface area contributed by atoms with E-state index >= 15 is 0 Å². The highest BCUT2D eigenvalue weighted by Gasteiger charge is 2.48. The van der Waals surface area contributed by atoms with E-state index in [2.05, 4.69) is 108 Å². The predicted octanol–water partition coefficient (Wildman–Crippen LogP) is 6.71. The van der Waals surface area contributed by atoms with Crippen molar-refractivity contribution >= 4 is 16.9 Å². The monoisotopic (exact) mass is 383 g/mol. The van der Waals surface area contributed by atoms with Gasteiger partial charge in [-0.25, -0.2) is 0 Å². The molecule has 4 aromatic rings. The van der Waals surface area contributed by atoms with E-state index < -0.39 is 0 Å². The summed E-state index contributed by atoms with van der Waals surface area (Å²) in [5.74, 6) is 0.383. The first-order valence-corrected chi connectivity index (χ1v) is 10.8.